The summed E-state index contributed by atoms with van der Waals surface area (Å²) in [6.45, 7) is 24.7. The molecule has 180 valence electrons. The zero-order valence-corrected chi connectivity index (χ0v) is 21.3. The summed E-state index contributed by atoms with van der Waals surface area (Å²) < 4.78 is 22.8. The van der Waals surface area contributed by atoms with Crippen LogP contribution in [0.1, 0.15) is 54.4 Å². The topological polar surface area (TPSA) is 43.5 Å². The molecule has 3 unspecified atom stereocenters. The molecule has 2 aliphatic carbocycles. The van der Waals surface area contributed by atoms with Gasteiger partial charge in [0.2, 0.25) is 0 Å². The zero-order chi connectivity index (χ0) is 24.0. The summed E-state index contributed by atoms with van der Waals surface area (Å²) in [5.41, 5.74) is 5.32. The van der Waals surface area contributed by atoms with Crippen molar-refractivity contribution in [1.82, 2.24) is 0 Å². The molecule has 0 aromatic carbocycles. The summed E-state index contributed by atoms with van der Waals surface area (Å²) in [6, 6.07) is 0. The number of hydrogen-bond donors (Lipinski definition) is 0. The van der Waals surface area contributed by atoms with Crippen LogP contribution in [0, 0.1) is 16.2 Å². The minimum atomic E-state index is -0.130. The molecular formula is C29H40O4. The lowest BCUT2D eigenvalue weighted by Gasteiger charge is -2.34. The maximum absolute atomic E-state index is 6.08. The van der Waals surface area contributed by atoms with E-state index in [1.165, 1.54) is 22.3 Å². The maximum Gasteiger partial charge on any atom is 0.119 e. The monoisotopic (exact) mass is 452 g/mol. The molecule has 0 aromatic heterocycles. The number of rotatable bonds is 10. The van der Waals surface area contributed by atoms with E-state index in [0.717, 1.165) is 37.6 Å². The molecule has 0 bridgehead atoms. The van der Waals surface area contributed by atoms with Gasteiger partial charge in [0.1, 0.15) is 31.2 Å². The largest absolute Gasteiger partial charge is 0.495 e. The highest BCUT2D eigenvalue weighted by Crippen LogP contribution is 2.67. The Morgan fingerprint density at radius 3 is 2.03 bits per heavy atom. The van der Waals surface area contributed by atoms with Crippen molar-refractivity contribution >= 4 is 0 Å². The Bertz CT molecular complexity index is 950. The molecule has 0 N–H and O–H groups in total. The second-order valence-corrected chi connectivity index (χ2v) is 11.3. The summed E-state index contributed by atoms with van der Waals surface area (Å²) in [7, 11) is 0. The van der Waals surface area contributed by atoms with Crippen LogP contribution in [0.5, 0.6) is 0 Å². The van der Waals surface area contributed by atoms with Crippen LogP contribution < -0.4 is 0 Å². The van der Waals surface area contributed by atoms with Crippen molar-refractivity contribution in [2.45, 2.75) is 66.6 Å². The van der Waals surface area contributed by atoms with Gasteiger partial charge in [0.25, 0.3) is 0 Å². The maximum atomic E-state index is 6.08. The highest BCUT2D eigenvalue weighted by molar-refractivity contribution is 5.58. The Kier molecular flexibility index (Phi) is 6.30. The smallest absolute Gasteiger partial charge is 0.119 e. The van der Waals surface area contributed by atoms with Gasteiger partial charge in [-0.1, -0.05) is 52.5 Å². The fraction of sp³-hybridized carbons (Fsp3) is 0.586. The Hall–Kier alpha value is -2.04. The summed E-state index contributed by atoms with van der Waals surface area (Å²) in [6.07, 6.45) is 10.9. The second kappa shape index (κ2) is 8.63. The van der Waals surface area contributed by atoms with E-state index in [9.17, 15) is 0 Å². The van der Waals surface area contributed by atoms with Crippen molar-refractivity contribution in [1.29, 1.82) is 0 Å². The number of hydrogen-bond acceptors (Lipinski definition) is 4. The third-order valence-electron chi connectivity index (χ3n) is 7.73. The molecule has 0 amide bonds. The highest BCUT2D eigenvalue weighted by atomic mass is 16.6. The average Bonchev–Trinajstić information content (AvgIpc) is 3.65. The SMILES string of the molecule is C=CC1=C(/C=C(\C)OCC2CO2)C2(CC(C)(C)C(C)=C2/C=C(\C=C)OCC2CO2)CC1(C)C. The molecule has 2 heterocycles. The lowest BCUT2D eigenvalue weighted by molar-refractivity contribution is 0.183. The Balaban J connectivity index is 1.78. The predicted octanol–water partition coefficient (Wildman–Crippen LogP) is 6.44. The van der Waals surface area contributed by atoms with Gasteiger partial charge in [-0.3, -0.25) is 0 Å². The first-order valence-corrected chi connectivity index (χ1v) is 12.1. The van der Waals surface area contributed by atoms with Crippen LogP contribution in [0.15, 0.2) is 71.3 Å². The Morgan fingerprint density at radius 2 is 1.48 bits per heavy atom. The summed E-state index contributed by atoms with van der Waals surface area (Å²) >= 11 is 0. The zero-order valence-electron chi connectivity index (χ0n) is 21.3. The molecule has 2 aliphatic heterocycles. The van der Waals surface area contributed by atoms with Gasteiger partial charge in [0.15, 0.2) is 0 Å². The molecule has 33 heavy (non-hydrogen) atoms. The van der Waals surface area contributed by atoms with Crippen molar-refractivity contribution in [3.8, 4) is 0 Å². The summed E-state index contributed by atoms with van der Waals surface area (Å²) in [5, 5.41) is 0. The molecule has 1 spiro atoms. The predicted molar refractivity (Wildman–Crippen MR) is 133 cm³/mol. The summed E-state index contributed by atoms with van der Waals surface area (Å²) in [4.78, 5) is 0. The van der Waals surface area contributed by atoms with Gasteiger partial charge >= 0.3 is 0 Å². The third kappa shape index (κ3) is 4.79. The lowest BCUT2D eigenvalue weighted by Crippen LogP contribution is -2.25. The van der Waals surface area contributed by atoms with E-state index in [4.69, 9.17) is 18.9 Å². The van der Waals surface area contributed by atoms with Crippen molar-refractivity contribution < 1.29 is 18.9 Å². The van der Waals surface area contributed by atoms with Gasteiger partial charge in [-0.15, -0.1) is 0 Å². The number of epoxide rings is 2. The molecule has 4 heteroatoms. The van der Waals surface area contributed by atoms with Gasteiger partial charge in [0, 0.05) is 5.41 Å². The fourth-order valence-electron chi connectivity index (χ4n) is 5.81. The fourth-order valence-corrected chi connectivity index (χ4v) is 5.81. The van der Waals surface area contributed by atoms with E-state index >= 15 is 0 Å². The first-order chi connectivity index (χ1) is 15.5. The van der Waals surface area contributed by atoms with Crippen LogP contribution in [-0.2, 0) is 18.9 Å². The van der Waals surface area contributed by atoms with Crippen LogP contribution in [0.4, 0.5) is 0 Å². The van der Waals surface area contributed by atoms with Crippen molar-refractivity contribution in [2.24, 2.45) is 16.2 Å². The standard InChI is InChI=1S/C29H40O4/c1-9-21(31-14-23-16-33-23)12-25-20(4)27(5,6)17-29(25)18-28(7,8)24(10-2)26(29)11-19(3)30-13-22-15-32-22/h9-12,22-23H,1-2,13-18H2,3-8H3/b19-11+,21-12+. The van der Waals surface area contributed by atoms with E-state index in [0.29, 0.717) is 13.2 Å². The van der Waals surface area contributed by atoms with Crippen molar-refractivity contribution in [3.63, 3.8) is 0 Å². The molecule has 4 aliphatic rings. The normalized spacial score (nSPS) is 32.4. The van der Waals surface area contributed by atoms with Crippen LogP contribution in [0.25, 0.3) is 0 Å². The molecule has 4 nitrogen and oxygen atoms in total. The Morgan fingerprint density at radius 1 is 0.909 bits per heavy atom. The van der Waals surface area contributed by atoms with Gasteiger partial charge in [0.05, 0.1) is 19.0 Å². The third-order valence-corrected chi connectivity index (χ3v) is 7.73. The quantitative estimate of drug-likeness (QED) is 0.217. The van der Waals surface area contributed by atoms with Crippen molar-refractivity contribution in [2.75, 3.05) is 26.4 Å². The van der Waals surface area contributed by atoms with Crippen LogP contribution in [0.2, 0.25) is 0 Å². The minimum absolute atomic E-state index is 0.00427. The molecular weight excluding hydrogens is 412 g/mol. The van der Waals surface area contributed by atoms with E-state index in [-0.39, 0.29) is 28.5 Å². The molecule has 4 rings (SSSR count). The lowest BCUT2D eigenvalue weighted by atomic mass is 9.69. The van der Waals surface area contributed by atoms with E-state index in [1.54, 1.807) is 0 Å². The first-order valence-electron chi connectivity index (χ1n) is 12.1. The minimum Gasteiger partial charge on any atom is -0.495 e. The number of allylic oxidation sites excluding steroid dienone is 9. The van der Waals surface area contributed by atoms with Gasteiger partial charge in [-0.25, -0.2) is 0 Å². The molecule has 2 saturated heterocycles. The van der Waals surface area contributed by atoms with Gasteiger partial charge < -0.3 is 18.9 Å². The van der Waals surface area contributed by atoms with Crippen LogP contribution in [0.3, 0.4) is 0 Å². The van der Waals surface area contributed by atoms with Crippen LogP contribution >= 0.6 is 0 Å². The molecule has 0 saturated carbocycles. The second-order valence-electron chi connectivity index (χ2n) is 11.3. The summed E-state index contributed by atoms with van der Waals surface area (Å²) in [5.74, 6) is 1.73. The molecule has 0 aromatic rings. The first kappa shape index (κ1) is 24.1. The van der Waals surface area contributed by atoms with Gasteiger partial charge in [-0.2, -0.15) is 0 Å². The van der Waals surface area contributed by atoms with Gasteiger partial charge in [-0.05, 0) is 72.5 Å². The average molecular weight is 453 g/mol. The molecule has 2 fully saturated rings. The Labute approximate surface area is 199 Å². The van der Waals surface area contributed by atoms with E-state index in [2.05, 4.69) is 72.9 Å². The van der Waals surface area contributed by atoms with E-state index in [1.807, 2.05) is 6.08 Å². The highest BCUT2D eigenvalue weighted by Gasteiger charge is 2.56. The van der Waals surface area contributed by atoms with Crippen LogP contribution in [-0.4, -0.2) is 38.6 Å². The number of ether oxygens (including phenoxy) is 4. The molecule has 0 radical (unpaired) electrons. The van der Waals surface area contributed by atoms with Crippen molar-refractivity contribution in [3.05, 3.63) is 71.3 Å². The molecule has 3 atom stereocenters. The van der Waals surface area contributed by atoms with E-state index < -0.39 is 0 Å².